The molecule has 1 aromatic heterocycles. The summed E-state index contributed by atoms with van der Waals surface area (Å²) in [5.41, 5.74) is 2.42. The van der Waals surface area contributed by atoms with Crippen LogP contribution in [0.5, 0.6) is 5.75 Å². The van der Waals surface area contributed by atoms with Gasteiger partial charge in [-0.3, -0.25) is 9.59 Å². The fraction of sp³-hybridized carbons (Fsp3) is 0.190. The van der Waals surface area contributed by atoms with E-state index in [1.807, 2.05) is 60.8 Å². The molecule has 6 nitrogen and oxygen atoms in total. The largest absolute Gasteiger partial charge is 0.497 e. The number of carbonyl (C=O) groups is 2. The summed E-state index contributed by atoms with van der Waals surface area (Å²) in [5.74, 6) is 0.493. The van der Waals surface area contributed by atoms with Crippen LogP contribution in [0.3, 0.4) is 0 Å². The molecule has 0 bridgehead atoms. The molecule has 29 heavy (non-hydrogen) atoms. The zero-order chi connectivity index (χ0) is 20.8. The lowest BCUT2D eigenvalue weighted by Gasteiger charge is -2.11. The number of thiazole rings is 1. The molecule has 2 amide bonds. The van der Waals surface area contributed by atoms with Gasteiger partial charge < -0.3 is 15.4 Å². The van der Waals surface area contributed by atoms with Gasteiger partial charge in [0.15, 0.2) is 5.13 Å². The van der Waals surface area contributed by atoms with Crippen molar-refractivity contribution < 1.29 is 14.3 Å². The molecule has 0 radical (unpaired) electrons. The van der Waals surface area contributed by atoms with E-state index in [9.17, 15) is 9.59 Å². The first-order valence-electron chi connectivity index (χ1n) is 8.89. The lowest BCUT2D eigenvalue weighted by atomic mass is 10.2. The molecule has 0 saturated carbocycles. The van der Waals surface area contributed by atoms with Crippen LogP contribution in [0.1, 0.15) is 13.8 Å². The maximum atomic E-state index is 12.6. The van der Waals surface area contributed by atoms with Gasteiger partial charge in [-0.1, -0.05) is 18.2 Å². The fourth-order valence-corrected chi connectivity index (χ4v) is 4.21. The Balaban J connectivity index is 1.63. The van der Waals surface area contributed by atoms with Gasteiger partial charge in [-0.2, -0.15) is 0 Å². The Kier molecular flexibility index (Phi) is 6.90. The van der Waals surface area contributed by atoms with Crippen LogP contribution in [-0.4, -0.2) is 29.2 Å². The molecule has 3 rings (SSSR count). The van der Waals surface area contributed by atoms with Crippen molar-refractivity contribution in [2.24, 2.45) is 0 Å². The molecule has 0 aliphatic heterocycles. The molecule has 8 heteroatoms. The van der Waals surface area contributed by atoms with E-state index in [1.54, 1.807) is 7.11 Å². The number of nitrogens with one attached hydrogen (secondary N) is 2. The van der Waals surface area contributed by atoms with Crippen molar-refractivity contribution in [1.82, 2.24) is 4.98 Å². The Labute approximate surface area is 177 Å². The topological polar surface area (TPSA) is 80.3 Å². The standard InChI is InChI=1S/C21H21N3O3S2/c1-13(29-18-9-5-7-16(11-18)22-14(2)25)20(26)24-21-23-19(12-28-21)15-6-4-8-17(10-15)27-3/h4-13H,1-3H3,(H,22,25)(H,23,24,26). The second kappa shape index (κ2) is 9.58. The maximum Gasteiger partial charge on any atom is 0.239 e. The Morgan fingerprint density at radius 2 is 1.93 bits per heavy atom. The number of hydrogen-bond acceptors (Lipinski definition) is 6. The highest BCUT2D eigenvalue weighted by atomic mass is 32.2. The molecule has 1 heterocycles. The summed E-state index contributed by atoms with van der Waals surface area (Å²) in [6.07, 6.45) is 0. The monoisotopic (exact) mass is 427 g/mol. The van der Waals surface area contributed by atoms with Crippen LogP contribution < -0.4 is 15.4 Å². The van der Waals surface area contributed by atoms with E-state index in [0.717, 1.165) is 21.9 Å². The van der Waals surface area contributed by atoms with Crippen LogP contribution in [0.15, 0.2) is 58.8 Å². The quantitative estimate of drug-likeness (QED) is 0.525. The molecule has 2 aromatic carbocycles. The number of hydrogen-bond donors (Lipinski definition) is 2. The second-order valence-electron chi connectivity index (χ2n) is 6.23. The minimum Gasteiger partial charge on any atom is -0.497 e. The van der Waals surface area contributed by atoms with Gasteiger partial charge in [-0.25, -0.2) is 4.98 Å². The number of benzene rings is 2. The summed E-state index contributed by atoms with van der Waals surface area (Å²) in [7, 11) is 1.62. The van der Waals surface area contributed by atoms with Crippen molar-refractivity contribution in [2.45, 2.75) is 24.0 Å². The number of amides is 2. The minimum atomic E-state index is -0.327. The van der Waals surface area contributed by atoms with Gasteiger partial charge in [-0.05, 0) is 37.3 Å². The highest BCUT2D eigenvalue weighted by Crippen LogP contribution is 2.29. The Morgan fingerprint density at radius 1 is 1.14 bits per heavy atom. The zero-order valence-corrected chi connectivity index (χ0v) is 17.9. The molecule has 0 aliphatic carbocycles. The summed E-state index contributed by atoms with van der Waals surface area (Å²) in [6.45, 7) is 3.30. The van der Waals surface area contributed by atoms with Crippen LogP contribution in [0.4, 0.5) is 10.8 Å². The van der Waals surface area contributed by atoms with Crippen molar-refractivity contribution in [3.8, 4) is 17.0 Å². The third kappa shape index (κ3) is 5.82. The molecule has 1 unspecified atom stereocenters. The summed E-state index contributed by atoms with van der Waals surface area (Å²) < 4.78 is 5.25. The summed E-state index contributed by atoms with van der Waals surface area (Å²) in [5, 5.41) is 7.74. The van der Waals surface area contributed by atoms with Crippen molar-refractivity contribution >= 4 is 45.7 Å². The normalized spacial score (nSPS) is 11.6. The van der Waals surface area contributed by atoms with Crippen molar-refractivity contribution in [3.05, 3.63) is 53.9 Å². The van der Waals surface area contributed by atoms with E-state index in [4.69, 9.17) is 4.74 Å². The molecule has 3 aromatic rings. The van der Waals surface area contributed by atoms with Crippen LogP contribution >= 0.6 is 23.1 Å². The lowest BCUT2D eigenvalue weighted by molar-refractivity contribution is -0.115. The van der Waals surface area contributed by atoms with Gasteiger partial charge in [0.05, 0.1) is 18.1 Å². The number of thioether (sulfide) groups is 1. The minimum absolute atomic E-state index is 0.131. The molecular weight excluding hydrogens is 406 g/mol. The van der Waals surface area contributed by atoms with E-state index in [2.05, 4.69) is 15.6 Å². The van der Waals surface area contributed by atoms with Crippen LogP contribution in [0.2, 0.25) is 0 Å². The molecule has 1 atom stereocenters. The Hall–Kier alpha value is -2.84. The van der Waals surface area contributed by atoms with Crippen LogP contribution in [-0.2, 0) is 9.59 Å². The Morgan fingerprint density at radius 3 is 2.69 bits per heavy atom. The predicted molar refractivity (Wildman–Crippen MR) is 119 cm³/mol. The van der Waals surface area contributed by atoms with E-state index >= 15 is 0 Å². The first-order chi connectivity index (χ1) is 13.9. The SMILES string of the molecule is COc1cccc(-c2csc(NC(=O)C(C)Sc3cccc(NC(C)=O)c3)n2)c1. The van der Waals surface area contributed by atoms with Crippen molar-refractivity contribution in [3.63, 3.8) is 0 Å². The third-order valence-electron chi connectivity index (χ3n) is 3.94. The van der Waals surface area contributed by atoms with E-state index in [0.29, 0.717) is 10.8 Å². The van der Waals surface area contributed by atoms with E-state index in [-0.39, 0.29) is 17.1 Å². The number of methoxy groups -OCH3 is 1. The fourth-order valence-electron chi connectivity index (χ4n) is 2.56. The van der Waals surface area contributed by atoms with Gasteiger partial charge in [0, 0.05) is 28.5 Å². The zero-order valence-electron chi connectivity index (χ0n) is 16.3. The highest BCUT2D eigenvalue weighted by molar-refractivity contribution is 8.00. The molecule has 150 valence electrons. The molecular formula is C21H21N3O3S2. The van der Waals surface area contributed by atoms with Crippen molar-refractivity contribution in [1.29, 1.82) is 0 Å². The first-order valence-corrected chi connectivity index (χ1v) is 10.7. The average molecular weight is 428 g/mol. The number of carbonyl (C=O) groups excluding carboxylic acids is 2. The van der Waals surface area contributed by atoms with E-state index in [1.165, 1.54) is 30.0 Å². The lowest BCUT2D eigenvalue weighted by Crippen LogP contribution is -2.22. The molecule has 0 aliphatic rings. The maximum absolute atomic E-state index is 12.6. The number of aromatic nitrogens is 1. The van der Waals surface area contributed by atoms with E-state index < -0.39 is 0 Å². The van der Waals surface area contributed by atoms with Crippen molar-refractivity contribution in [2.75, 3.05) is 17.7 Å². The van der Waals surface area contributed by atoms with Gasteiger partial charge in [0.2, 0.25) is 11.8 Å². The predicted octanol–water partition coefficient (Wildman–Crippen LogP) is 4.90. The average Bonchev–Trinajstić information content (AvgIpc) is 3.16. The smallest absolute Gasteiger partial charge is 0.239 e. The molecule has 2 N–H and O–H groups in total. The number of rotatable bonds is 7. The molecule has 0 fully saturated rings. The van der Waals surface area contributed by atoms with Gasteiger partial charge in [0.1, 0.15) is 5.75 Å². The number of nitrogens with zero attached hydrogens (tertiary/aromatic N) is 1. The third-order valence-corrected chi connectivity index (χ3v) is 5.79. The summed E-state index contributed by atoms with van der Waals surface area (Å²) in [4.78, 5) is 29.2. The van der Waals surface area contributed by atoms with Gasteiger partial charge in [0.25, 0.3) is 0 Å². The number of anilines is 2. The molecule has 0 spiro atoms. The number of ether oxygens (including phenoxy) is 1. The summed E-state index contributed by atoms with van der Waals surface area (Å²) in [6, 6.07) is 15.0. The summed E-state index contributed by atoms with van der Waals surface area (Å²) >= 11 is 2.80. The molecule has 0 saturated heterocycles. The van der Waals surface area contributed by atoms with Crippen LogP contribution in [0.25, 0.3) is 11.3 Å². The van der Waals surface area contributed by atoms with Gasteiger partial charge in [-0.15, -0.1) is 23.1 Å². The second-order valence-corrected chi connectivity index (χ2v) is 8.50. The first kappa shape index (κ1) is 20.9. The van der Waals surface area contributed by atoms with Gasteiger partial charge >= 0.3 is 0 Å². The highest BCUT2D eigenvalue weighted by Gasteiger charge is 2.17. The van der Waals surface area contributed by atoms with Crippen LogP contribution in [0, 0.1) is 0 Å². The Bertz CT molecular complexity index is 1020.